The number of alkyl carbamates (subject to hydrolysis) is 1. The summed E-state index contributed by atoms with van der Waals surface area (Å²) in [6.45, 7) is 5.83. The molecule has 0 aliphatic heterocycles. The Morgan fingerprint density at radius 1 is 1.26 bits per heavy atom. The fourth-order valence-electron chi connectivity index (χ4n) is 1.31. The van der Waals surface area contributed by atoms with Gasteiger partial charge in [-0.1, -0.05) is 0 Å². The minimum atomic E-state index is -0.671. The van der Waals surface area contributed by atoms with Crippen LogP contribution in [0.1, 0.15) is 23.6 Å². The van der Waals surface area contributed by atoms with Gasteiger partial charge in [0.25, 0.3) is 0 Å². The predicted molar refractivity (Wildman–Crippen MR) is 73.8 cm³/mol. The van der Waals surface area contributed by atoms with E-state index in [1.54, 1.807) is 19.9 Å². The summed E-state index contributed by atoms with van der Waals surface area (Å²) in [5, 5.41) is 2.39. The number of hydrogen-bond acceptors (Lipinski definition) is 5. The number of thiophene rings is 1. The molecule has 1 amide bonds. The number of hydrogen-bond donors (Lipinski definition) is 1. The largest absolute Gasteiger partial charge is 0.461 e. The lowest BCUT2D eigenvalue weighted by atomic mass is 10.3. The number of rotatable bonds is 5. The van der Waals surface area contributed by atoms with E-state index >= 15 is 0 Å². The van der Waals surface area contributed by atoms with Crippen LogP contribution in [0.2, 0.25) is 0 Å². The third-order valence-electron chi connectivity index (χ3n) is 2.06. The van der Waals surface area contributed by atoms with E-state index in [1.165, 1.54) is 11.3 Å². The quantitative estimate of drug-likeness (QED) is 0.666. The first kappa shape index (κ1) is 15.2. The standard InChI is InChI=1S/C13H17NO4S/c1-4-17-12(15)11(14-13(16)18-5-2)8-10-7-6-9(3)19-10/h6-8H,4-5H2,1-3H3,(H,14,16)/b11-8+. The van der Waals surface area contributed by atoms with Crippen LogP contribution in [0.25, 0.3) is 6.08 Å². The van der Waals surface area contributed by atoms with Gasteiger partial charge in [0.1, 0.15) is 5.70 Å². The molecular weight excluding hydrogens is 266 g/mol. The van der Waals surface area contributed by atoms with Gasteiger partial charge in [-0.2, -0.15) is 0 Å². The van der Waals surface area contributed by atoms with E-state index in [0.29, 0.717) is 0 Å². The van der Waals surface area contributed by atoms with E-state index in [-0.39, 0.29) is 18.9 Å². The molecule has 0 saturated carbocycles. The molecule has 0 aliphatic rings. The van der Waals surface area contributed by atoms with Crippen molar-refractivity contribution in [2.45, 2.75) is 20.8 Å². The second-order valence-corrected chi connectivity index (χ2v) is 4.89. The summed E-state index contributed by atoms with van der Waals surface area (Å²) in [7, 11) is 0. The molecule has 0 unspecified atom stereocenters. The Morgan fingerprint density at radius 2 is 1.95 bits per heavy atom. The molecule has 0 radical (unpaired) electrons. The van der Waals surface area contributed by atoms with Crippen LogP contribution < -0.4 is 5.32 Å². The molecule has 0 aliphatic carbocycles. The van der Waals surface area contributed by atoms with Crippen molar-refractivity contribution in [3.8, 4) is 0 Å². The maximum Gasteiger partial charge on any atom is 0.411 e. The summed E-state index contributed by atoms with van der Waals surface area (Å²) in [6, 6.07) is 3.80. The summed E-state index contributed by atoms with van der Waals surface area (Å²) in [5.41, 5.74) is 0.0714. The average Bonchev–Trinajstić information content (AvgIpc) is 2.74. The van der Waals surface area contributed by atoms with Crippen molar-refractivity contribution in [2.24, 2.45) is 0 Å². The summed E-state index contributed by atoms with van der Waals surface area (Å²) >= 11 is 1.52. The van der Waals surface area contributed by atoms with Gasteiger partial charge in [0.15, 0.2) is 0 Å². The third kappa shape index (κ3) is 5.13. The molecule has 0 saturated heterocycles. The van der Waals surface area contributed by atoms with Gasteiger partial charge in [-0.3, -0.25) is 5.32 Å². The fraction of sp³-hybridized carbons (Fsp3) is 0.385. The molecule has 104 valence electrons. The molecule has 0 spiro atoms. The van der Waals surface area contributed by atoms with Crippen molar-refractivity contribution in [3.63, 3.8) is 0 Å². The fourth-order valence-corrected chi connectivity index (χ4v) is 2.13. The average molecular weight is 283 g/mol. The number of nitrogens with one attached hydrogen (secondary N) is 1. The topological polar surface area (TPSA) is 64.6 Å². The second kappa shape index (κ2) is 7.58. The lowest BCUT2D eigenvalue weighted by Crippen LogP contribution is -2.29. The Morgan fingerprint density at radius 3 is 2.47 bits per heavy atom. The minimum absolute atomic E-state index is 0.0714. The van der Waals surface area contributed by atoms with Crippen LogP contribution in [0.3, 0.4) is 0 Å². The zero-order chi connectivity index (χ0) is 14.3. The predicted octanol–water partition coefficient (Wildman–Crippen LogP) is 2.71. The van der Waals surface area contributed by atoms with Gasteiger partial charge < -0.3 is 9.47 Å². The van der Waals surface area contributed by atoms with Crippen molar-refractivity contribution >= 4 is 29.5 Å². The first-order chi connectivity index (χ1) is 9.06. The number of esters is 1. The molecule has 0 aromatic carbocycles. The molecular formula is C13H17NO4S. The van der Waals surface area contributed by atoms with Crippen molar-refractivity contribution in [1.29, 1.82) is 0 Å². The first-order valence-corrected chi connectivity index (χ1v) is 6.77. The van der Waals surface area contributed by atoms with Crippen LogP contribution in [0, 0.1) is 6.92 Å². The van der Waals surface area contributed by atoms with Crippen LogP contribution >= 0.6 is 11.3 Å². The van der Waals surface area contributed by atoms with Crippen molar-refractivity contribution < 1.29 is 19.1 Å². The SMILES string of the molecule is CCOC(=O)N/C(=C/c1ccc(C)s1)C(=O)OCC. The molecule has 19 heavy (non-hydrogen) atoms. The summed E-state index contributed by atoms with van der Waals surface area (Å²) < 4.78 is 9.64. The molecule has 1 heterocycles. The zero-order valence-corrected chi connectivity index (χ0v) is 12.0. The Hall–Kier alpha value is -1.82. The molecule has 0 atom stereocenters. The van der Waals surface area contributed by atoms with E-state index in [9.17, 15) is 9.59 Å². The smallest absolute Gasteiger partial charge is 0.411 e. The molecule has 1 aromatic rings. The maximum absolute atomic E-state index is 11.7. The zero-order valence-electron chi connectivity index (χ0n) is 11.2. The van der Waals surface area contributed by atoms with Crippen LogP contribution in [0.5, 0.6) is 0 Å². The number of aryl methyl sites for hydroxylation is 1. The molecule has 6 heteroatoms. The number of amides is 1. The Kier molecular flexibility index (Phi) is 6.08. The van der Waals surface area contributed by atoms with E-state index in [0.717, 1.165) is 9.75 Å². The molecule has 0 fully saturated rings. The van der Waals surface area contributed by atoms with Crippen LogP contribution in [0.4, 0.5) is 4.79 Å². The number of ether oxygens (including phenoxy) is 2. The van der Waals surface area contributed by atoms with Crippen molar-refractivity contribution in [3.05, 3.63) is 27.6 Å². The molecule has 0 bridgehead atoms. The second-order valence-electron chi connectivity index (χ2n) is 3.57. The number of carbonyl (C=O) groups excluding carboxylic acids is 2. The Labute approximate surface area is 116 Å². The monoisotopic (exact) mass is 283 g/mol. The minimum Gasteiger partial charge on any atom is -0.461 e. The first-order valence-electron chi connectivity index (χ1n) is 5.95. The van der Waals surface area contributed by atoms with Gasteiger partial charge in [-0.25, -0.2) is 9.59 Å². The Bertz CT molecular complexity index is 479. The number of carbonyl (C=O) groups is 2. The highest BCUT2D eigenvalue weighted by molar-refractivity contribution is 7.12. The molecule has 1 rings (SSSR count). The summed E-state index contributed by atoms with van der Waals surface area (Å²) in [4.78, 5) is 25.1. The lowest BCUT2D eigenvalue weighted by molar-refractivity contribution is -0.138. The van der Waals surface area contributed by atoms with Gasteiger partial charge >= 0.3 is 12.1 Å². The van der Waals surface area contributed by atoms with E-state index in [4.69, 9.17) is 9.47 Å². The van der Waals surface area contributed by atoms with Gasteiger partial charge in [-0.15, -0.1) is 11.3 Å². The highest BCUT2D eigenvalue weighted by Crippen LogP contribution is 2.18. The van der Waals surface area contributed by atoms with Crippen molar-refractivity contribution in [1.82, 2.24) is 5.32 Å². The lowest BCUT2D eigenvalue weighted by Gasteiger charge is -2.08. The highest BCUT2D eigenvalue weighted by Gasteiger charge is 2.15. The van der Waals surface area contributed by atoms with Gasteiger partial charge in [0.2, 0.25) is 0 Å². The maximum atomic E-state index is 11.7. The molecule has 1 aromatic heterocycles. The Balaban J connectivity index is 2.88. The van der Waals surface area contributed by atoms with Gasteiger partial charge in [0, 0.05) is 9.75 Å². The third-order valence-corrected chi connectivity index (χ3v) is 3.00. The van der Waals surface area contributed by atoms with E-state index in [2.05, 4.69) is 5.32 Å². The van der Waals surface area contributed by atoms with E-state index in [1.807, 2.05) is 19.1 Å². The summed E-state index contributed by atoms with van der Waals surface area (Å²) in [5.74, 6) is -0.582. The highest BCUT2D eigenvalue weighted by atomic mass is 32.1. The normalized spacial score (nSPS) is 11.0. The molecule has 1 N–H and O–H groups in total. The van der Waals surface area contributed by atoms with Gasteiger partial charge in [-0.05, 0) is 39.0 Å². The van der Waals surface area contributed by atoms with Crippen LogP contribution in [0.15, 0.2) is 17.8 Å². The van der Waals surface area contributed by atoms with Crippen LogP contribution in [-0.2, 0) is 14.3 Å². The van der Waals surface area contributed by atoms with Crippen LogP contribution in [-0.4, -0.2) is 25.3 Å². The summed E-state index contributed by atoms with van der Waals surface area (Å²) in [6.07, 6.45) is 0.905. The van der Waals surface area contributed by atoms with Crippen molar-refractivity contribution in [2.75, 3.05) is 13.2 Å². The molecule has 5 nitrogen and oxygen atoms in total. The van der Waals surface area contributed by atoms with E-state index < -0.39 is 12.1 Å². The van der Waals surface area contributed by atoms with Gasteiger partial charge in [0.05, 0.1) is 13.2 Å².